The molecule has 2 amide bonds. The Morgan fingerprint density at radius 2 is 1.82 bits per heavy atom. The molecule has 1 aliphatic rings. The molecule has 4 rings (SSSR count). The number of carbonyl (C=O) groups is 2. The zero-order chi connectivity index (χ0) is 19.3. The zero-order valence-electron chi connectivity index (χ0n) is 15.0. The fourth-order valence-corrected chi connectivity index (χ4v) is 3.59. The van der Waals surface area contributed by atoms with Crippen molar-refractivity contribution >= 4 is 35.0 Å². The van der Waals surface area contributed by atoms with Gasteiger partial charge in [-0.25, -0.2) is 0 Å². The highest BCUT2D eigenvalue weighted by Crippen LogP contribution is 2.33. The first-order valence-electron chi connectivity index (χ1n) is 8.82. The molecule has 140 valence electrons. The Kier molecular flexibility index (Phi) is 5.30. The van der Waals surface area contributed by atoms with Crippen molar-refractivity contribution in [1.29, 1.82) is 0 Å². The third kappa shape index (κ3) is 4.35. The lowest BCUT2D eigenvalue weighted by Gasteiger charge is -2.17. The van der Waals surface area contributed by atoms with E-state index in [9.17, 15) is 9.59 Å². The van der Waals surface area contributed by atoms with Crippen LogP contribution in [0.1, 0.15) is 15.9 Å². The predicted molar refractivity (Wildman–Crippen MR) is 111 cm³/mol. The fourth-order valence-electron chi connectivity index (χ4n) is 2.80. The van der Waals surface area contributed by atoms with Crippen LogP contribution in [0.3, 0.4) is 0 Å². The molecule has 0 saturated heterocycles. The minimum Gasteiger partial charge on any atom is -0.489 e. The summed E-state index contributed by atoms with van der Waals surface area (Å²) in [5.74, 6) is 0.987. The highest BCUT2D eigenvalue weighted by Gasteiger charge is 2.16. The number of rotatable bonds is 5. The minimum absolute atomic E-state index is 0.0331. The summed E-state index contributed by atoms with van der Waals surface area (Å²) in [4.78, 5) is 25.0. The van der Waals surface area contributed by atoms with E-state index in [1.807, 2.05) is 54.6 Å². The molecule has 0 aliphatic carbocycles. The van der Waals surface area contributed by atoms with Crippen molar-refractivity contribution in [3.63, 3.8) is 0 Å². The van der Waals surface area contributed by atoms with Crippen LogP contribution in [0, 0.1) is 0 Å². The van der Waals surface area contributed by atoms with Gasteiger partial charge in [0.15, 0.2) is 0 Å². The number of anilines is 2. The highest BCUT2D eigenvalue weighted by atomic mass is 32.2. The second-order valence-electron chi connectivity index (χ2n) is 6.30. The predicted octanol–water partition coefficient (Wildman–Crippen LogP) is 4.56. The molecule has 0 radical (unpaired) electrons. The molecule has 0 bridgehead atoms. The van der Waals surface area contributed by atoms with Crippen molar-refractivity contribution < 1.29 is 14.3 Å². The molecular weight excluding hydrogens is 372 g/mol. The zero-order valence-corrected chi connectivity index (χ0v) is 15.8. The smallest absolute Gasteiger partial charge is 0.255 e. The lowest BCUT2D eigenvalue weighted by Crippen LogP contribution is -2.19. The summed E-state index contributed by atoms with van der Waals surface area (Å²) in [7, 11) is 0. The van der Waals surface area contributed by atoms with Gasteiger partial charge in [0.1, 0.15) is 12.4 Å². The van der Waals surface area contributed by atoms with Gasteiger partial charge < -0.3 is 15.4 Å². The number of fused-ring (bicyclic) bond motifs is 1. The van der Waals surface area contributed by atoms with Crippen LogP contribution in [0.5, 0.6) is 5.75 Å². The van der Waals surface area contributed by atoms with Crippen LogP contribution in [0.15, 0.2) is 77.7 Å². The normalized spacial score (nSPS) is 12.6. The standard InChI is InChI=1S/C22H18N2O3S/c25-21-14-28-20-11-10-17(12-19(20)24-21)23-22(26)16-8-6-15(7-9-16)13-27-18-4-2-1-3-5-18/h1-12H,13-14H2,(H,23,26)(H,24,25). The van der Waals surface area contributed by atoms with Gasteiger partial charge in [-0.1, -0.05) is 30.3 Å². The first-order chi connectivity index (χ1) is 13.7. The first-order valence-corrected chi connectivity index (χ1v) is 9.81. The average molecular weight is 390 g/mol. The van der Waals surface area contributed by atoms with Crippen molar-refractivity contribution in [2.24, 2.45) is 0 Å². The van der Waals surface area contributed by atoms with Crippen LogP contribution < -0.4 is 15.4 Å². The highest BCUT2D eigenvalue weighted by molar-refractivity contribution is 8.00. The SMILES string of the molecule is O=C1CSc2ccc(NC(=O)c3ccc(COc4ccccc4)cc3)cc2N1. The van der Waals surface area contributed by atoms with Crippen molar-refractivity contribution in [3.8, 4) is 5.75 Å². The molecule has 5 nitrogen and oxygen atoms in total. The Bertz CT molecular complexity index is 1000. The van der Waals surface area contributed by atoms with Gasteiger partial charge in [0.2, 0.25) is 5.91 Å². The summed E-state index contributed by atoms with van der Waals surface area (Å²) in [6, 6.07) is 22.4. The molecule has 6 heteroatoms. The van der Waals surface area contributed by atoms with E-state index in [0.717, 1.165) is 21.9 Å². The lowest BCUT2D eigenvalue weighted by atomic mass is 10.1. The molecular formula is C22H18N2O3S. The maximum atomic E-state index is 12.5. The number of para-hydroxylation sites is 1. The average Bonchev–Trinajstić information content (AvgIpc) is 2.73. The van der Waals surface area contributed by atoms with Crippen LogP contribution >= 0.6 is 11.8 Å². The minimum atomic E-state index is -0.203. The molecule has 0 aromatic heterocycles. The monoisotopic (exact) mass is 390 g/mol. The van der Waals surface area contributed by atoms with E-state index in [0.29, 0.717) is 23.6 Å². The van der Waals surface area contributed by atoms with E-state index >= 15 is 0 Å². The van der Waals surface area contributed by atoms with E-state index in [4.69, 9.17) is 4.74 Å². The summed E-state index contributed by atoms with van der Waals surface area (Å²) in [6.45, 7) is 0.439. The van der Waals surface area contributed by atoms with E-state index in [1.54, 1.807) is 18.2 Å². The topological polar surface area (TPSA) is 67.4 Å². The van der Waals surface area contributed by atoms with Crippen LogP contribution in [0.4, 0.5) is 11.4 Å². The van der Waals surface area contributed by atoms with E-state index in [-0.39, 0.29) is 11.8 Å². The Morgan fingerprint density at radius 1 is 1.04 bits per heavy atom. The summed E-state index contributed by atoms with van der Waals surface area (Å²) in [5, 5.41) is 5.69. The molecule has 28 heavy (non-hydrogen) atoms. The van der Waals surface area contributed by atoms with E-state index < -0.39 is 0 Å². The maximum Gasteiger partial charge on any atom is 0.255 e. The van der Waals surface area contributed by atoms with Crippen molar-refractivity contribution in [3.05, 3.63) is 83.9 Å². The first kappa shape index (κ1) is 18.1. The Morgan fingerprint density at radius 3 is 2.61 bits per heavy atom. The Hall–Kier alpha value is -3.25. The van der Waals surface area contributed by atoms with Crippen molar-refractivity contribution in [2.45, 2.75) is 11.5 Å². The van der Waals surface area contributed by atoms with Gasteiger partial charge in [0.25, 0.3) is 5.91 Å². The van der Waals surface area contributed by atoms with Gasteiger partial charge in [-0.15, -0.1) is 11.8 Å². The summed E-state index contributed by atoms with van der Waals surface area (Å²) in [5.41, 5.74) is 2.91. The third-order valence-electron chi connectivity index (χ3n) is 4.24. The van der Waals surface area contributed by atoms with Gasteiger partial charge in [0, 0.05) is 16.1 Å². The molecule has 0 atom stereocenters. The summed E-state index contributed by atoms with van der Waals surface area (Å²) >= 11 is 1.49. The molecule has 0 spiro atoms. The second kappa shape index (κ2) is 8.19. The number of benzene rings is 3. The van der Waals surface area contributed by atoms with Crippen LogP contribution in [-0.4, -0.2) is 17.6 Å². The Balaban J connectivity index is 1.38. The van der Waals surface area contributed by atoms with Crippen molar-refractivity contribution in [2.75, 3.05) is 16.4 Å². The number of thioether (sulfide) groups is 1. The van der Waals surface area contributed by atoms with Gasteiger partial charge in [0.05, 0.1) is 11.4 Å². The largest absolute Gasteiger partial charge is 0.489 e. The molecule has 2 N–H and O–H groups in total. The van der Waals surface area contributed by atoms with Gasteiger partial charge in [-0.3, -0.25) is 9.59 Å². The molecule has 0 fully saturated rings. The number of ether oxygens (including phenoxy) is 1. The molecule has 0 saturated carbocycles. The fraction of sp³-hybridized carbons (Fsp3) is 0.0909. The van der Waals surface area contributed by atoms with Crippen LogP contribution in [0.25, 0.3) is 0 Å². The number of nitrogens with one attached hydrogen (secondary N) is 2. The summed E-state index contributed by atoms with van der Waals surface area (Å²) < 4.78 is 5.71. The second-order valence-corrected chi connectivity index (χ2v) is 7.32. The van der Waals surface area contributed by atoms with Gasteiger partial charge >= 0.3 is 0 Å². The van der Waals surface area contributed by atoms with Crippen LogP contribution in [0.2, 0.25) is 0 Å². The van der Waals surface area contributed by atoms with Gasteiger partial charge in [-0.05, 0) is 48.0 Å². The lowest BCUT2D eigenvalue weighted by molar-refractivity contribution is -0.113. The molecule has 3 aromatic carbocycles. The van der Waals surface area contributed by atoms with E-state index in [1.165, 1.54) is 11.8 Å². The van der Waals surface area contributed by atoms with Crippen molar-refractivity contribution in [1.82, 2.24) is 0 Å². The number of hydrogen-bond donors (Lipinski definition) is 2. The number of amides is 2. The quantitative estimate of drug-likeness (QED) is 0.670. The van der Waals surface area contributed by atoms with Crippen LogP contribution in [-0.2, 0) is 11.4 Å². The maximum absolute atomic E-state index is 12.5. The van der Waals surface area contributed by atoms with E-state index in [2.05, 4.69) is 10.6 Å². The van der Waals surface area contributed by atoms with Gasteiger partial charge in [-0.2, -0.15) is 0 Å². The molecule has 3 aromatic rings. The molecule has 0 unspecified atom stereocenters. The third-order valence-corrected chi connectivity index (χ3v) is 5.31. The molecule has 1 heterocycles. The summed E-state index contributed by atoms with van der Waals surface area (Å²) in [6.07, 6.45) is 0. The molecule has 1 aliphatic heterocycles. The number of hydrogen-bond acceptors (Lipinski definition) is 4. The number of carbonyl (C=O) groups excluding carboxylic acids is 2. The Labute approximate surface area is 167 Å².